The number of likely N-dealkylation sites (tertiary alicyclic amines) is 1. The van der Waals surface area contributed by atoms with Crippen LogP contribution in [0.1, 0.15) is 33.1 Å². The van der Waals surface area contributed by atoms with Crippen LogP contribution in [0.4, 0.5) is 0 Å². The van der Waals surface area contributed by atoms with E-state index in [0.717, 1.165) is 25.8 Å². The SMILES string of the molecule is CC(C)(O)C[C@H]1CCCN1C=O. The van der Waals surface area contributed by atoms with Crippen molar-refractivity contribution in [2.45, 2.75) is 44.8 Å². The maximum Gasteiger partial charge on any atom is 0.209 e. The highest BCUT2D eigenvalue weighted by Gasteiger charge is 2.28. The number of aliphatic hydroxyl groups is 1. The molecule has 0 bridgehead atoms. The van der Waals surface area contributed by atoms with Crippen molar-refractivity contribution in [3.8, 4) is 0 Å². The lowest BCUT2D eigenvalue weighted by atomic mass is 9.98. The third-order valence-corrected chi connectivity index (χ3v) is 2.29. The molecule has 1 N–H and O–H groups in total. The van der Waals surface area contributed by atoms with Gasteiger partial charge in [-0.15, -0.1) is 0 Å². The Kier molecular flexibility index (Phi) is 2.73. The molecule has 1 amide bonds. The fourth-order valence-electron chi connectivity index (χ4n) is 1.79. The molecular weight excluding hydrogens is 154 g/mol. The predicted molar refractivity (Wildman–Crippen MR) is 46.7 cm³/mol. The zero-order valence-electron chi connectivity index (χ0n) is 7.79. The topological polar surface area (TPSA) is 40.5 Å². The molecule has 0 aromatic heterocycles. The molecule has 0 aromatic rings. The number of amides is 1. The van der Waals surface area contributed by atoms with Gasteiger partial charge >= 0.3 is 0 Å². The van der Waals surface area contributed by atoms with E-state index >= 15 is 0 Å². The summed E-state index contributed by atoms with van der Waals surface area (Å²) < 4.78 is 0. The number of carbonyl (C=O) groups is 1. The number of rotatable bonds is 3. The van der Waals surface area contributed by atoms with Gasteiger partial charge < -0.3 is 10.0 Å². The van der Waals surface area contributed by atoms with Gasteiger partial charge in [0.1, 0.15) is 0 Å². The minimum absolute atomic E-state index is 0.252. The molecule has 3 heteroatoms. The van der Waals surface area contributed by atoms with Gasteiger partial charge in [-0.05, 0) is 33.1 Å². The average molecular weight is 171 g/mol. The Bertz CT molecular complexity index is 162. The molecule has 1 atom stereocenters. The van der Waals surface area contributed by atoms with Crippen molar-refractivity contribution in [2.75, 3.05) is 6.54 Å². The maximum atomic E-state index is 10.5. The molecule has 1 aliphatic rings. The zero-order chi connectivity index (χ0) is 9.19. The quantitative estimate of drug-likeness (QED) is 0.637. The van der Waals surface area contributed by atoms with Gasteiger partial charge in [-0.3, -0.25) is 4.79 Å². The zero-order valence-corrected chi connectivity index (χ0v) is 7.79. The summed E-state index contributed by atoms with van der Waals surface area (Å²) >= 11 is 0. The second-order valence-corrected chi connectivity index (χ2v) is 4.16. The highest BCUT2D eigenvalue weighted by Crippen LogP contribution is 2.23. The molecule has 1 rings (SSSR count). The standard InChI is InChI=1S/C9H17NO2/c1-9(2,12)6-8-4-3-5-10(8)7-11/h7-8,12H,3-6H2,1-2H3/t8-/m1/s1. The second kappa shape index (κ2) is 3.44. The highest BCUT2D eigenvalue weighted by molar-refractivity contribution is 5.48. The van der Waals surface area contributed by atoms with Crippen LogP contribution in [0, 0.1) is 0 Å². The molecule has 3 nitrogen and oxygen atoms in total. The van der Waals surface area contributed by atoms with Crippen molar-refractivity contribution in [3.05, 3.63) is 0 Å². The van der Waals surface area contributed by atoms with Crippen molar-refractivity contribution in [2.24, 2.45) is 0 Å². The molecule has 1 heterocycles. The molecule has 0 unspecified atom stereocenters. The van der Waals surface area contributed by atoms with Gasteiger partial charge in [-0.25, -0.2) is 0 Å². The smallest absolute Gasteiger partial charge is 0.209 e. The summed E-state index contributed by atoms with van der Waals surface area (Å²) in [4.78, 5) is 12.3. The summed E-state index contributed by atoms with van der Waals surface area (Å²) in [7, 11) is 0. The first kappa shape index (κ1) is 9.52. The number of hydrogen-bond donors (Lipinski definition) is 1. The largest absolute Gasteiger partial charge is 0.390 e. The van der Waals surface area contributed by atoms with Crippen LogP contribution in [0.5, 0.6) is 0 Å². The van der Waals surface area contributed by atoms with Gasteiger partial charge in [0.05, 0.1) is 5.60 Å². The summed E-state index contributed by atoms with van der Waals surface area (Å²) in [5.41, 5.74) is -0.656. The monoisotopic (exact) mass is 171 g/mol. The summed E-state index contributed by atoms with van der Waals surface area (Å²) in [6.45, 7) is 4.42. The minimum Gasteiger partial charge on any atom is -0.390 e. The second-order valence-electron chi connectivity index (χ2n) is 4.16. The van der Waals surface area contributed by atoms with Gasteiger partial charge in [0.15, 0.2) is 0 Å². The van der Waals surface area contributed by atoms with Gasteiger partial charge in [-0.2, -0.15) is 0 Å². The van der Waals surface area contributed by atoms with Gasteiger partial charge in [0.25, 0.3) is 0 Å². The summed E-state index contributed by atoms with van der Waals surface area (Å²) in [5.74, 6) is 0. The molecule has 0 spiro atoms. The van der Waals surface area contributed by atoms with E-state index < -0.39 is 5.60 Å². The van der Waals surface area contributed by atoms with E-state index in [0.29, 0.717) is 6.42 Å². The Hall–Kier alpha value is -0.570. The Morgan fingerprint density at radius 3 is 2.83 bits per heavy atom. The van der Waals surface area contributed by atoms with Crippen LogP contribution in [-0.2, 0) is 4.79 Å². The lowest BCUT2D eigenvalue weighted by Gasteiger charge is -2.26. The van der Waals surface area contributed by atoms with E-state index in [1.165, 1.54) is 0 Å². The first-order valence-corrected chi connectivity index (χ1v) is 4.46. The van der Waals surface area contributed by atoms with Crippen LogP contribution in [0.2, 0.25) is 0 Å². The normalized spacial score (nSPS) is 24.6. The number of hydrogen-bond acceptors (Lipinski definition) is 2. The average Bonchev–Trinajstić information content (AvgIpc) is 2.31. The van der Waals surface area contributed by atoms with Gasteiger partial charge in [0, 0.05) is 12.6 Å². The van der Waals surface area contributed by atoms with Crippen LogP contribution in [-0.4, -0.2) is 34.6 Å². The van der Waals surface area contributed by atoms with Crippen molar-refractivity contribution in [1.82, 2.24) is 4.90 Å². The van der Waals surface area contributed by atoms with E-state index in [9.17, 15) is 9.90 Å². The number of carbonyl (C=O) groups excluding carboxylic acids is 1. The van der Waals surface area contributed by atoms with Crippen molar-refractivity contribution in [3.63, 3.8) is 0 Å². The van der Waals surface area contributed by atoms with E-state index in [4.69, 9.17) is 0 Å². The third kappa shape index (κ3) is 2.48. The predicted octanol–water partition coefficient (Wildman–Crippen LogP) is 0.768. The first-order chi connectivity index (χ1) is 5.53. The molecule has 0 saturated carbocycles. The van der Waals surface area contributed by atoms with Crippen LogP contribution >= 0.6 is 0 Å². The number of nitrogens with zero attached hydrogens (tertiary/aromatic N) is 1. The molecule has 0 radical (unpaired) electrons. The Morgan fingerprint density at radius 1 is 1.67 bits per heavy atom. The molecule has 1 aliphatic heterocycles. The molecule has 0 aliphatic carbocycles. The molecule has 70 valence electrons. The molecular formula is C9H17NO2. The third-order valence-electron chi connectivity index (χ3n) is 2.29. The van der Waals surface area contributed by atoms with Crippen LogP contribution in [0.25, 0.3) is 0 Å². The van der Waals surface area contributed by atoms with E-state index in [1.54, 1.807) is 18.7 Å². The lowest BCUT2D eigenvalue weighted by Crippen LogP contribution is -2.35. The summed E-state index contributed by atoms with van der Waals surface area (Å²) in [6.07, 6.45) is 3.68. The fourth-order valence-corrected chi connectivity index (χ4v) is 1.79. The van der Waals surface area contributed by atoms with Gasteiger partial charge in [0.2, 0.25) is 6.41 Å². The molecule has 1 fully saturated rings. The van der Waals surface area contributed by atoms with Crippen LogP contribution < -0.4 is 0 Å². The summed E-state index contributed by atoms with van der Waals surface area (Å²) in [5, 5.41) is 9.55. The van der Waals surface area contributed by atoms with Crippen LogP contribution in [0.15, 0.2) is 0 Å². The van der Waals surface area contributed by atoms with Crippen molar-refractivity contribution >= 4 is 6.41 Å². The van der Waals surface area contributed by atoms with E-state index in [1.807, 2.05) is 0 Å². The molecule has 0 aromatic carbocycles. The Balaban J connectivity index is 2.46. The maximum absolute atomic E-state index is 10.5. The first-order valence-electron chi connectivity index (χ1n) is 4.46. The Labute approximate surface area is 73.4 Å². The van der Waals surface area contributed by atoms with Crippen molar-refractivity contribution in [1.29, 1.82) is 0 Å². The Morgan fingerprint density at radius 2 is 2.33 bits per heavy atom. The van der Waals surface area contributed by atoms with Crippen LogP contribution in [0.3, 0.4) is 0 Å². The summed E-state index contributed by atoms with van der Waals surface area (Å²) in [6, 6.07) is 0.252. The van der Waals surface area contributed by atoms with E-state index in [2.05, 4.69) is 0 Å². The lowest BCUT2D eigenvalue weighted by molar-refractivity contribution is -0.119. The van der Waals surface area contributed by atoms with Crippen molar-refractivity contribution < 1.29 is 9.90 Å². The van der Waals surface area contributed by atoms with E-state index in [-0.39, 0.29) is 6.04 Å². The highest BCUT2D eigenvalue weighted by atomic mass is 16.3. The fraction of sp³-hybridized carbons (Fsp3) is 0.889. The molecule has 1 saturated heterocycles. The van der Waals surface area contributed by atoms with Gasteiger partial charge in [-0.1, -0.05) is 0 Å². The molecule has 12 heavy (non-hydrogen) atoms. The minimum atomic E-state index is -0.656.